The molecule has 0 saturated carbocycles. The summed E-state index contributed by atoms with van der Waals surface area (Å²) in [6, 6.07) is 9.01. The lowest BCUT2D eigenvalue weighted by molar-refractivity contribution is -0.115. The number of aliphatic imine (C=N–C) groups is 1. The number of amides is 6. The predicted molar refractivity (Wildman–Crippen MR) is 268 cm³/mol. The highest BCUT2D eigenvalue weighted by molar-refractivity contribution is 5.98. The van der Waals surface area contributed by atoms with Crippen molar-refractivity contribution >= 4 is 71.7 Å². The van der Waals surface area contributed by atoms with Gasteiger partial charge in [-0.05, 0) is 89.1 Å². The van der Waals surface area contributed by atoms with Crippen molar-refractivity contribution in [3.8, 4) is 23.0 Å². The Kier molecular flexibility index (Phi) is 21.4. The van der Waals surface area contributed by atoms with E-state index < -0.39 is 17.4 Å². The van der Waals surface area contributed by atoms with Gasteiger partial charge in [0, 0.05) is 42.4 Å². The maximum atomic E-state index is 11.0. The summed E-state index contributed by atoms with van der Waals surface area (Å²) in [6.45, 7) is 12.5. The molecule has 3 aliphatic heterocycles. The Morgan fingerprint density at radius 1 is 0.863 bits per heavy atom. The van der Waals surface area contributed by atoms with Crippen LogP contribution < -0.4 is 54.6 Å². The molecule has 5 aromatic rings. The lowest BCUT2D eigenvalue weighted by Crippen LogP contribution is -2.34. The highest BCUT2D eigenvalue weighted by atomic mass is 16.3. The third-order valence-electron chi connectivity index (χ3n) is 10.3. The van der Waals surface area contributed by atoms with E-state index in [1.54, 1.807) is 39.0 Å². The molecule has 1 aromatic carbocycles. The summed E-state index contributed by atoms with van der Waals surface area (Å²) in [5.74, 6) is 1.81. The van der Waals surface area contributed by atoms with Gasteiger partial charge >= 0.3 is 11.7 Å². The van der Waals surface area contributed by atoms with Gasteiger partial charge in [-0.1, -0.05) is 0 Å². The minimum atomic E-state index is -0.610. The van der Waals surface area contributed by atoms with Crippen LogP contribution >= 0.6 is 0 Å². The van der Waals surface area contributed by atoms with Crippen LogP contribution in [0.15, 0.2) is 68.3 Å². The fourth-order valence-corrected chi connectivity index (χ4v) is 6.26. The number of hydrogen-bond donors (Lipinski definition) is 15. The number of pyridine rings is 3. The van der Waals surface area contributed by atoms with E-state index in [0.717, 1.165) is 16.7 Å². The molecule has 7 heterocycles. The zero-order valence-electron chi connectivity index (χ0n) is 40.5. The summed E-state index contributed by atoms with van der Waals surface area (Å²) in [7, 11) is 0. The number of aldehydes is 1. The van der Waals surface area contributed by atoms with Crippen molar-refractivity contribution < 1.29 is 54.3 Å². The monoisotopic (exact) mass is 1010 g/mol. The average Bonchev–Trinajstić information content (AvgIpc) is 3.72. The number of aliphatic hydroxyl groups excluding tert-OH is 1. The number of hydrogen-bond acceptors (Lipinski definition) is 19. The van der Waals surface area contributed by atoms with E-state index in [1.807, 2.05) is 25.8 Å². The number of carbonyl (C=O) groups is 6. The van der Waals surface area contributed by atoms with Crippen LogP contribution in [0.2, 0.25) is 0 Å². The number of nitrogens with two attached hydrogens (primary N) is 2. The van der Waals surface area contributed by atoms with Crippen molar-refractivity contribution in [3.63, 3.8) is 0 Å². The molecule has 2 unspecified atom stereocenters. The average molecular weight is 1010 g/mol. The first-order chi connectivity index (χ1) is 34.4. The molecule has 0 spiro atoms. The fraction of sp³-hybridized carbons (Fsp3) is 0.261. The van der Waals surface area contributed by atoms with E-state index in [0.29, 0.717) is 76.9 Å². The molecule has 0 fully saturated rings. The van der Waals surface area contributed by atoms with Gasteiger partial charge in [-0.25, -0.2) is 24.5 Å². The molecule has 73 heavy (non-hydrogen) atoms. The maximum Gasteiger partial charge on any atom is 0.327 e. The van der Waals surface area contributed by atoms with Crippen LogP contribution in [0.5, 0.6) is 23.0 Å². The third kappa shape index (κ3) is 16.9. The van der Waals surface area contributed by atoms with E-state index >= 15 is 0 Å². The number of carbonyl (C=O) groups excluding carboxylic acids is 6. The van der Waals surface area contributed by atoms with Crippen LogP contribution in [0.3, 0.4) is 0 Å². The quantitative estimate of drug-likeness (QED) is 0.0814. The number of urea groups is 1. The number of benzene rings is 1. The summed E-state index contributed by atoms with van der Waals surface area (Å²) in [5.41, 5.74) is 15.5. The Labute approximate surface area is 415 Å². The second kappa shape index (κ2) is 27.0. The summed E-state index contributed by atoms with van der Waals surface area (Å²) in [5, 5.41) is 61.0. The lowest BCUT2D eigenvalue weighted by atomic mass is 9.97. The number of H-pyrrole nitrogens is 2. The van der Waals surface area contributed by atoms with Gasteiger partial charge < -0.3 is 63.6 Å². The number of nitrogens with one attached hydrogen (secondary N) is 8. The summed E-state index contributed by atoms with van der Waals surface area (Å²) in [6.07, 6.45) is 2.31. The lowest BCUT2D eigenvalue weighted by Gasteiger charge is -2.23. The van der Waals surface area contributed by atoms with E-state index in [-0.39, 0.29) is 77.1 Å². The third-order valence-corrected chi connectivity index (χ3v) is 10.3. The van der Waals surface area contributed by atoms with Crippen LogP contribution in [0.25, 0.3) is 0 Å². The van der Waals surface area contributed by atoms with Crippen LogP contribution in [0, 0.1) is 20.8 Å². The molecule has 0 saturated heterocycles. The van der Waals surface area contributed by atoms with E-state index in [9.17, 15) is 53.7 Å². The van der Waals surface area contributed by atoms with Crippen molar-refractivity contribution in [1.29, 1.82) is 0 Å². The van der Waals surface area contributed by atoms with Gasteiger partial charge in [0.1, 0.15) is 52.1 Å². The van der Waals surface area contributed by atoms with Gasteiger partial charge in [0.2, 0.25) is 24.6 Å². The van der Waals surface area contributed by atoms with Gasteiger partial charge in [-0.3, -0.25) is 49.0 Å². The number of anilines is 5. The van der Waals surface area contributed by atoms with Gasteiger partial charge in [0.15, 0.2) is 6.29 Å². The van der Waals surface area contributed by atoms with Crippen LogP contribution in [0.4, 0.5) is 33.8 Å². The van der Waals surface area contributed by atoms with Crippen molar-refractivity contribution in [2.45, 2.75) is 80.1 Å². The highest BCUT2D eigenvalue weighted by Crippen LogP contribution is 2.27. The van der Waals surface area contributed by atoms with Crippen LogP contribution in [-0.4, -0.2) is 105 Å². The number of aryl methyl sites for hydroxylation is 2. The zero-order chi connectivity index (χ0) is 54.7. The summed E-state index contributed by atoms with van der Waals surface area (Å²) >= 11 is 0. The van der Waals surface area contributed by atoms with Crippen molar-refractivity contribution in [2.24, 2.45) is 16.5 Å². The molecule has 0 bridgehead atoms. The number of phenols is 1. The Bertz CT molecular complexity index is 3030. The molecule has 17 N–H and O–H groups in total. The molecule has 4 aromatic heterocycles. The molecular weight excluding hydrogens is 957 g/mol. The summed E-state index contributed by atoms with van der Waals surface area (Å²) < 4.78 is 0. The van der Waals surface area contributed by atoms with Gasteiger partial charge in [0.05, 0.1) is 47.3 Å². The number of dihydropyridines is 1. The Hall–Kier alpha value is -9.50. The molecule has 0 radical (unpaired) electrons. The largest absolute Gasteiger partial charge is 0.508 e. The van der Waals surface area contributed by atoms with E-state index in [1.165, 1.54) is 31.3 Å². The zero-order valence-corrected chi connectivity index (χ0v) is 40.5. The number of phenolic OH excluding ortho intramolecular Hbond substituents is 1. The first kappa shape index (κ1) is 57.8. The SMILES string of the molecule is CC(=O)Nc1ccc(O)cc1.CC1=C(C)C(O)C(C)N=C1N.Cc1nc(NC=O)c(C=O)c(C)c1O.Cc1nc2c(cc1O)CNC(=O)N2.NCc1cc(O)cnc1NC=O.O=C1Cc2c([nH]c(=O)[nH]c2=O)N1. The van der Waals surface area contributed by atoms with Crippen molar-refractivity contribution in [2.75, 3.05) is 26.6 Å². The second-order valence-corrected chi connectivity index (χ2v) is 15.6. The molecule has 6 amide bonds. The Morgan fingerprint density at radius 3 is 2.11 bits per heavy atom. The normalized spacial score (nSPS) is 14.5. The predicted octanol–water partition coefficient (Wildman–Crippen LogP) is 1.68. The maximum absolute atomic E-state index is 11.0. The van der Waals surface area contributed by atoms with E-state index in [2.05, 4.69) is 56.8 Å². The number of fused-ring (bicyclic) bond motifs is 2. The van der Waals surface area contributed by atoms with Gasteiger partial charge in [-0.2, -0.15) is 0 Å². The topological polar surface area (TPSA) is 445 Å². The molecule has 27 heteroatoms. The van der Waals surface area contributed by atoms with Gasteiger partial charge in [-0.15, -0.1) is 0 Å². The molecule has 8 rings (SSSR count). The summed E-state index contributed by atoms with van der Waals surface area (Å²) in [4.78, 5) is 105. The number of aliphatic hydroxyl groups is 1. The molecular formula is C46H56N14O13. The minimum Gasteiger partial charge on any atom is -0.508 e. The van der Waals surface area contributed by atoms with E-state index in [4.69, 9.17) is 21.7 Å². The Balaban J connectivity index is 0.000000232. The smallest absolute Gasteiger partial charge is 0.327 e. The minimum absolute atomic E-state index is 0.0245. The number of amidine groups is 1. The molecule has 3 aliphatic rings. The van der Waals surface area contributed by atoms with Gasteiger partial charge in [0.25, 0.3) is 5.56 Å². The number of aromatic hydroxyl groups is 4. The number of nitrogens with zero attached hydrogens (tertiary/aromatic N) is 4. The van der Waals surface area contributed by atoms with Crippen molar-refractivity contribution in [3.05, 3.63) is 114 Å². The number of aromatic amines is 2. The molecule has 388 valence electrons. The highest BCUT2D eigenvalue weighted by Gasteiger charge is 2.23. The van der Waals surface area contributed by atoms with Crippen molar-refractivity contribution in [1.82, 2.24) is 30.2 Å². The second-order valence-electron chi connectivity index (χ2n) is 15.6. The molecule has 2 atom stereocenters. The van der Waals surface area contributed by atoms with Crippen LogP contribution in [0.1, 0.15) is 71.7 Å². The standard InChI is InChI=1S/C9H10N2O3.C8H9N3O2.C8H14N2O.C8H9NO2.C7H9N3O2.C6H5N3O3/c1-5-7(3-12)9(10-4-13)11-6(2)8(5)14;1-4-6(12)2-5-3-9-8(13)11-7(5)10-4;1-4-5(2)8(9)10-6(3)7(4)11;1-6(10)9-7-2-4-8(11)5-3-7;8-2-5-1-6(12)3-9-7(5)10-4-11;10-3-1-2-4(7-3)8-6(12)9-5(2)11/h3-4,14H,1-2H3,(H,10,11,13);2,12H,3H2,1H3,(H2,9,10,11,13);6-7,11H,1-3H3,(H2,9,10);2-5,11H,1H3,(H,9,10);1,3-4,12H,2,8H2,(H,9,10,11);1H2,(H3,7,8,9,10,11,12). The first-order valence-electron chi connectivity index (χ1n) is 21.5. The first-order valence-corrected chi connectivity index (χ1v) is 21.5. The molecule has 27 nitrogen and oxygen atoms in total. The number of aromatic nitrogens is 5. The fourth-order valence-electron chi connectivity index (χ4n) is 6.26. The Morgan fingerprint density at radius 2 is 1.51 bits per heavy atom. The van der Waals surface area contributed by atoms with Crippen LogP contribution in [-0.2, 0) is 38.7 Å². The molecule has 0 aliphatic carbocycles. The number of rotatable bonds is 7.